The summed E-state index contributed by atoms with van der Waals surface area (Å²) in [5.41, 5.74) is 9.74. The van der Waals surface area contributed by atoms with Crippen molar-refractivity contribution in [1.82, 2.24) is 24.3 Å². The van der Waals surface area contributed by atoms with E-state index in [-0.39, 0.29) is 29.1 Å². The molecule has 198 valence electrons. The lowest BCUT2D eigenvalue weighted by Crippen LogP contribution is -2.30. The second-order valence-corrected chi connectivity index (χ2v) is 8.85. The molecule has 0 aliphatic carbocycles. The maximum absolute atomic E-state index is 13.0. The summed E-state index contributed by atoms with van der Waals surface area (Å²) in [6, 6.07) is 7.66. The molecule has 1 saturated heterocycles. The number of hydrogen-bond donors (Lipinski definition) is 2. The molecule has 1 unspecified atom stereocenters. The van der Waals surface area contributed by atoms with Crippen LogP contribution in [0.15, 0.2) is 73.4 Å². The molecule has 0 bridgehead atoms. The number of likely N-dealkylation sites (tertiary alicyclic amines) is 1. The number of rotatable bonds is 5. The third-order valence-electron chi connectivity index (χ3n) is 6.42. The highest BCUT2D eigenvalue weighted by Gasteiger charge is 2.33. The van der Waals surface area contributed by atoms with E-state index in [0.717, 1.165) is 24.8 Å². The Bertz CT molecular complexity index is 1620. The number of aromatic nitrogens is 4. The fraction of sp³-hybridized carbons (Fsp3) is 0.185. The van der Waals surface area contributed by atoms with Gasteiger partial charge in [-0.2, -0.15) is 13.2 Å². The molecule has 0 radical (unpaired) electrons. The van der Waals surface area contributed by atoms with Crippen molar-refractivity contribution < 1.29 is 22.8 Å². The third kappa shape index (κ3) is 4.97. The molecule has 1 aromatic carbocycles. The van der Waals surface area contributed by atoms with E-state index in [0.29, 0.717) is 35.6 Å². The van der Waals surface area contributed by atoms with Crippen LogP contribution in [0.25, 0.3) is 16.8 Å². The Morgan fingerprint density at radius 2 is 1.92 bits per heavy atom. The number of halogens is 3. The molecule has 4 heterocycles. The van der Waals surface area contributed by atoms with Crippen LogP contribution >= 0.6 is 0 Å². The molecule has 1 fully saturated rings. The molecule has 4 aromatic rings. The van der Waals surface area contributed by atoms with Crippen molar-refractivity contribution in [2.45, 2.75) is 25.1 Å². The highest BCUT2D eigenvalue weighted by Crippen LogP contribution is 2.36. The highest BCUT2D eigenvalue weighted by atomic mass is 19.4. The molecule has 3 N–H and O–H groups in total. The van der Waals surface area contributed by atoms with E-state index in [4.69, 9.17) is 10.7 Å². The van der Waals surface area contributed by atoms with E-state index >= 15 is 0 Å². The number of pyridine rings is 1. The van der Waals surface area contributed by atoms with Crippen LogP contribution in [0, 0.1) is 0 Å². The highest BCUT2D eigenvalue weighted by molar-refractivity contribution is 6.04. The average Bonchev–Trinajstić information content (AvgIpc) is 3.54. The van der Waals surface area contributed by atoms with Gasteiger partial charge in [-0.15, -0.1) is 5.73 Å². The van der Waals surface area contributed by atoms with Crippen molar-refractivity contribution in [3.8, 4) is 11.3 Å². The number of nitrogens with two attached hydrogens (primary N) is 1. The maximum atomic E-state index is 13.0. The lowest BCUT2D eigenvalue weighted by atomic mass is 10.1. The van der Waals surface area contributed by atoms with Gasteiger partial charge in [0.15, 0.2) is 0 Å². The molecule has 39 heavy (non-hydrogen) atoms. The summed E-state index contributed by atoms with van der Waals surface area (Å²) in [5.74, 6) is -0.191. The topological polar surface area (TPSA) is 119 Å². The predicted octanol–water partition coefficient (Wildman–Crippen LogP) is 4.65. The predicted molar refractivity (Wildman–Crippen MR) is 137 cm³/mol. The maximum Gasteiger partial charge on any atom is 0.416 e. The van der Waals surface area contributed by atoms with Gasteiger partial charge in [0, 0.05) is 42.3 Å². The first-order valence-corrected chi connectivity index (χ1v) is 11.9. The van der Waals surface area contributed by atoms with Crippen LogP contribution in [0.5, 0.6) is 0 Å². The summed E-state index contributed by atoms with van der Waals surface area (Å²) in [7, 11) is 0. The molecule has 1 atom stereocenters. The third-order valence-corrected chi connectivity index (χ3v) is 6.42. The van der Waals surface area contributed by atoms with E-state index in [9.17, 15) is 22.8 Å². The standard InChI is InChI=1S/C27H22F3N7O2/c1-2-4-21(38)36-13-3-5-19(36)25-35-22(23-24(31)33-12-14-37(23)25)16-6-8-17(9-7-16)26(39)34-20-15-18(10-11-32-20)27(28,29)30/h4,6-12,14-15,19H,1,3,5,13H2,(H2,31,33)(H,32,34,39). The molecule has 0 spiro atoms. The normalized spacial score (nSPS) is 15.3. The van der Waals surface area contributed by atoms with Gasteiger partial charge in [-0.3, -0.25) is 14.0 Å². The van der Waals surface area contributed by atoms with Gasteiger partial charge in [0.2, 0.25) is 0 Å². The fourth-order valence-corrected chi connectivity index (χ4v) is 4.64. The van der Waals surface area contributed by atoms with Gasteiger partial charge in [0.25, 0.3) is 11.8 Å². The first-order valence-electron chi connectivity index (χ1n) is 11.9. The van der Waals surface area contributed by atoms with Crippen molar-refractivity contribution in [3.63, 3.8) is 0 Å². The van der Waals surface area contributed by atoms with Crippen LogP contribution in [0.1, 0.15) is 40.6 Å². The number of imidazole rings is 1. The zero-order chi connectivity index (χ0) is 27.7. The molecule has 9 nitrogen and oxygen atoms in total. The molecule has 5 rings (SSSR count). The van der Waals surface area contributed by atoms with Crippen LogP contribution in [0.3, 0.4) is 0 Å². The summed E-state index contributed by atoms with van der Waals surface area (Å²) in [6.07, 6.45) is 2.51. The van der Waals surface area contributed by atoms with Crippen LogP contribution in [0.4, 0.5) is 24.8 Å². The Morgan fingerprint density at radius 3 is 2.64 bits per heavy atom. The van der Waals surface area contributed by atoms with Crippen LogP contribution in [-0.4, -0.2) is 42.6 Å². The van der Waals surface area contributed by atoms with E-state index in [1.807, 2.05) is 4.40 Å². The minimum Gasteiger partial charge on any atom is -0.382 e. The van der Waals surface area contributed by atoms with E-state index < -0.39 is 17.6 Å². The van der Waals surface area contributed by atoms with Gasteiger partial charge in [0.1, 0.15) is 28.7 Å². The van der Waals surface area contributed by atoms with E-state index in [1.165, 1.54) is 18.2 Å². The number of amides is 2. The molecule has 1 aliphatic heterocycles. The zero-order valence-electron chi connectivity index (χ0n) is 20.4. The summed E-state index contributed by atoms with van der Waals surface area (Å²) < 4.78 is 40.8. The number of carbonyl (C=O) groups is 2. The smallest absolute Gasteiger partial charge is 0.382 e. The Morgan fingerprint density at radius 1 is 1.15 bits per heavy atom. The van der Waals surface area contributed by atoms with Gasteiger partial charge in [-0.25, -0.2) is 15.0 Å². The van der Waals surface area contributed by atoms with E-state index in [2.05, 4.69) is 27.6 Å². The minimum absolute atomic E-state index is 0.205. The second kappa shape index (κ2) is 10.1. The molecular formula is C27H22F3N7O2. The van der Waals surface area contributed by atoms with Gasteiger partial charge in [-0.05, 0) is 37.1 Å². The Kier molecular flexibility index (Phi) is 6.63. The van der Waals surface area contributed by atoms with Gasteiger partial charge >= 0.3 is 6.18 Å². The lowest BCUT2D eigenvalue weighted by molar-refractivity contribution is -0.137. The van der Waals surface area contributed by atoms with Crippen LogP contribution < -0.4 is 11.1 Å². The summed E-state index contributed by atoms with van der Waals surface area (Å²) in [4.78, 5) is 39.8. The van der Waals surface area contributed by atoms with Gasteiger partial charge in [-0.1, -0.05) is 18.7 Å². The zero-order valence-corrected chi connectivity index (χ0v) is 20.4. The SMILES string of the molecule is C=C=CC(=O)N1CCCC1c1nc(-c2ccc(C(=O)Nc3cc(C(F)(F)F)ccn3)cc2)c2c(N)nccn12. The summed E-state index contributed by atoms with van der Waals surface area (Å²) in [5, 5.41) is 2.39. The van der Waals surface area contributed by atoms with Crippen molar-refractivity contribution in [1.29, 1.82) is 0 Å². The molecule has 3 aromatic heterocycles. The quantitative estimate of drug-likeness (QED) is 0.285. The number of nitrogens with zero attached hydrogens (tertiary/aromatic N) is 5. The molecular weight excluding hydrogens is 511 g/mol. The molecule has 1 aliphatic rings. The number of benzene rings is 1. The Labute approximate surface area is 220 Å². The molecule has 12 heteroatoms. The van der Waals surface area contributed by atoms with Crippen LogP contribution in [0.2, 0.25) is 0 Å². The van der Waals surface area contributed by atoms with Gasteiger partial charge in [0.05, 0.1) is 11.6 Å². The molecule has 0 saturated carbocycles. The minimum atomic E-state index is -4.56. The number of nitrogens with one attached hydrogen (secondary N) is 1. The average molecular weight is 534 g/mol. The molecule has 2 amide bonds. The first-order chi connectivity index (χ1) is 18.7. The van der Waals surface area contributed by atoms with Crippen molar-refractivity contribution in [3.05, 3.63) is 90.3 Å². The summed E-state index contributed by atoms with van der Waals surface area (Å²) in [6.45, 7) is 4.05. The number of carbonyl (C=O) groups excluding carboxylic acids is 2. The monoisotopic (exact) mass is 533 g/mol. The number of fused-ring (bicyclic) bond motifs is 1. The van der Waals surface area contributed by atoms with Crippen molar-refractivity contribution in [2.75, 3.05) is 17.6 Å². The Balaban J connectivity index is 1.46. The van der Waals surface area contributed by atoms with Crippen molar-refractivity contribution in [2.24, 2.45) is 0 Å². The number of anilines is 2. The number of nitrogen functional groups attached to an aromatic ring is 1. The lowest BCUT2D eigenvalue weighted by Gasteiger charge is -2.22. The largest absolute Gasteiger partial charge is 0.416 e. The number of hydrogen-bond acceptors (Lipinski definition) is 6. The number of alkyl halides is 3. The van der Waals surface area contributed by atoms with Gasteiger partial charge < -0.3 is 16.0 Å². The second-order valence-electron chi connectivity index (χ2n) is 8.85. The summed E-state index contributed by atoms with van der Waals surface area (Å²) >= 11 is 0. The van der Waals surface area contributed by atoms with Crippen LogP contribution in [-0.2, 0) is 11.0 Å². The fourth-order valence-electron chi connectivity index (χ4n) is 4.64. The Hall–Kier alpha value is -4.96. The first kappa shape index (κ1) is 25.7. The van der Waals surface area contributed by atoms with E-state index in [1.54, 1.807) is 29.4 Å². The van der Waals surface area contributed by atoms with Crippen molar-refractivity contribution >= 4 is 29.0 Å².